The highest BCUT2D eigenvalue weighted by atomic mass is 16.5. The third-order valence-electron chi connectivity index (χ3n) is 3.56. The molecule has 0 fully saturated rings. The molecule has 0 saturated carbocycles. The molecule has 0 aliphatic rings. The molecule has 0 spiro atoms. The highest BCUT2D eigenvalue weighted by Crippen LogP contribution is 2.23. The Balaban J connectivity index is 2.80. The molecule has 0 radical (unpaired) electrons. The quantitative estimate of drug-likeness (QED) is 0.771. The van der Waals surface area contributed by atoms with Crippen molar-refractivity contribution in [2.24, 2.45) is 7.05 Å². The summed E-state index contributed by atoms with van der Waals surface area (Å²) in [7, 11) is 1.95. The van der Waals surface area contributed by atoms with Gasteiger partial charge in [0.15, 0.2) is 0 Å². The van der Waals surface area contributed by atoms with Crippen molar-refractivity contribution in [3.05, 3.63) is 18.0 Å². The predicted molar refractivity (Wildman–Crippen MR) is 74.7 cm³/mol. The average molecular weight is 253 g/mol. The van der Waals surface area contributed by atoms with Gasteiger partial charge in [-0.3, -0.25) is 4.68 Å². The molecule has 0 aromatic carbocycles. The molecular weight excluding hydrogens is 226 g/mol. The van der Waals surface area contributed by atoms with Gasteiger partial charge in [-0.25, -0.2) is 0 Å². The summed E-state index contributed by atoms with van der Waals surface area (Å²) in [6.45, 7) is 10.3. The van der Waals surface area contributed by atoms with Crippen molar-refractivity contribution >= 4 is 0 Å². The molecular formula is C14H27N3O. The monoisotopic (exact) mass is 253 g/mol. The number of likely N-dealkylation sites (N-methyl/N-ethyl adjacent to an activating group) is 1. The molecule has 104 valence electrons. The maximum atomic E-state index is 5.98. The Morgan fingerprint density at radius 2 is 2.17 bits per heavy atom. The van der Waals surface area contributed by atoms with Crippen LogP contribution in [0.2, 0.25) is 0 Å². The lowest BCUT2D eigenvalue weighted by Gasteiger charge is -2.37. The number of aromatic nitrogens is 2. The SMILES string of the molecule is CCNC(Cc1cnn(C)c1)C(C)(CC)OCC. The minimum absolute atomic E-state index is 0.124. The van der Waals surface area contributed by atoms with Gasteiger partial charge in [-0.05, 0) is 38.8 Å². The van der Waals surface area contributed by atoms with Crippen LogP contribution >= 0.6 is 0 Å². The van der Waals surface area contributed by atoms with Gasteiger partial charge in [0.1, 0.15) is 0 Å². The van der Waals surface area contributed by atoms with Crippen molar-refractivity contribution in [3.8, 4) is 0 Å². The van der Waals surface area contributed by atoms with E-state index in [0.29, 0.717) is 6.04 Å². The Labute approximate surface area is 111 Å². The van der Waals surface area contributed by atoms with Crippen molar-refractivity contribution in [2.75, 3.05) is 13.2 Å². The minimum Gasteiger partial charge on any atom is -0.374 e. The van der Waals surface area contributed by atoms with E-state index in [2.05, 4.69) is 44.3 Å². The molecule has 0 aliphatic heterocycles. The predicted octanol–water partition coefficient (Wildman–Crippen LogP) is 2.15. The number of rotatable bonds is 8. The Hall–Kier alpha value is -0.870. The van der Waals surface area contributed by atoms with Gasteiger partial charge < -0.3 is 10.1 Å². The van der Waals surface area contributed by atoms with Crippen LogP contribution in [0.5, 0.6) is 0 Å². The number of nitrogens with one attached hydrogen (secondary N) is 1. The zero-order valence-corrected chi connectivity index (χ0v) is 12.4. The van der Waals surface area contributed by atoms with E-state index in [0.717, 1.165) is 26.0 Å². The molecule has 2 unspecified atom stereocenters. The molecule has 4 heteroatoms. The first-order chi connectivity index (χ1) is 8.55. The van der Waals surface area contributed by atoms with Gasteiger partial charge in [-0.2, -0.15) is 5.10 Å². The first-order valence-corrected chi connectivity index (χ1v) is 6.90. The number of aryl methyl sites for hydroxylation is 1. The van der Waals surface area contributed by atoms with E-state index in [9.17, 15) is 0 Å². The van der Waals surface area contributed by atoms with Crippen LogP contribution in [0.15, 0.2) is 12.4 Å². The molecule has 18 heavy (non-hydrogen) atoms. The van der Waals surface area contributed by atoms with E-state index >= 15 is 0 Å². The van der Waals surface area contributed by atoms with E-state index in [1.807, 2.05) is 17.9 Å². The summed E-state index contributed by atoms with van der Waals surface area (Å²) in [5.74, 6) is 0. The highest BCUT2D eigenvalue weighted by molar-refractivity contribution is 5.08. The van der Waals surface area contributed by atoms with Crippen LogP contribution in [0.3, 0.4) is 0 Å². The minimum atomic E-state index is -0.124. The summed E-state index contributed by atoms with van der Waals surface area (Å²) in [4.78, 5) is 0. The van der Waals surface area contributed by atoms with Gasteiger partial charge >= 0.3 is 0 Å². The van der Waals surface area contributed by atoms with Crippen molar-refractivity contribution in [2.45, 2.75) is 52.2 Å². The molecule has 1 heterocycles. The van der Waals surface area contributed by atoms with Gasteiger partial charge in [-0.15, -0.1) is 0 Å². The number of ether oxygens (including phenoxy) is 1. The van der Waals surface area contributed by atoms with Crippen LogP contribution in [0.1, 0.15) is 39.7 Å². The zero-order chi connectivity index (χ0) is 13.6. The largest absolute Gasteiger partial charge is 0.374 e. The summed E-state index contributed by atoms with van der Waals surface area (Å²) in [6, 6.07) is 0.316. The lowest BCUT2D eigenvalue weighted by atomic mass is 9.89. The standard InChI is InChI=1S/C14H27N3O/c1-6-14(4,18-8-3)13(15-7-2)9-12-10-16-17(5)11-12/h10-11,13,15H,6-9H2,1-5H3. The zero-order valence-electron chi connectivity index (χ0n) is 12.4. The second-order valence-corrected chi connectivity index (χ2v) is 4.94. The maximum absolute atomic E-state index is 5.98. The average Bonchev–Trinajstić information content (AvgIpc) is 2.74. The fourth-order valence-corrected chi connectivity index (χ4v) is 2.34. The van der Waals surface area contributed by atoms with Gasteiger partial charge in [0.2, 0.25) is 0 Å². The third kappa shape index (κ3) is 3.82. The van der Waals surface area contributed by atoms with Crippen molar-refractivity contribution in [1.29, 1.82) is 0 Å². The summed E-state index contributed by atoms with van der Waals surface area (Å²) >= 11 is 0. The summed E-state index contributed by atoms with van der Waals surface area (Å²) < 4.78 is 7.83. The molecule has 2 atom stereocenters. The van der Waals surface area contributed by atoms with Crippen LogP contribution in [0, 0.1) is 0 Å². The Morgan fingerprint density at radius 3 is 2.61 bits per heavy atom. The van der Waals surface area contributed by atoms with Gasteiger partial charge in [0, 0.05) is 25.9 Å². The maximum Gasteiger partial charge on any atom is 0.0807 e. The fraction of sp³-hybridized carbons (Fsp3) is 0.786. The smallest absolute Gasteiger partial charge is 0.0807 e. The molecule has 1 rings (SSSR count). The lowest BCUT2D eigenvalue weighted by molar-refractivity contribution is -0.0546. The van der Waals surface area contributed by atoms with Crippen molar-refractivity contribution < 1.29 is 4.74 Å². The molecule has 1 N–H and O–H groups in total. The molecule has 4 nitrogen and oxygen atoms in total. The molecule has 1 aromatic heterocycles. The van der Waals surface area contributed by atoms with E-state index < -0.39 is 0 Å². The van der Waals surface area contributed by atoms with Crippen molar-refractivity contribution in [3.63, 3.8) is 0 Å². The second-order valence-electron chi connectivity index (χ2n) is 4.94. The van der Waals surface area contributed by atoms with Gasteiger partial charge in [0.25, 0.3) is 0 Å². The molecule has 0 amide bonds. The van der Waals surface area contributed by atoms with Crippen LogP contribution in [-0.2, 0) is 18.2 Å². The summed E-state index contributed by atoms with van der Waals surface area (Å²) in [5, 5.41) is 7.79. The number of hydrogen-bond donors (Lipinski definition) is 1. The first-order valence-electron chi connectivity index (χ1n) is 6.90. The van der Waals surface area contributed by atoms with E-state index in [1.165, 1.54) is 5.56 Å². The summed E-state index contributed by atoms with van der Waals surface area (Å²) in [5.41, 5.74) is 1.13. The summed E-state index contributed by atoms with van der Waals surface area (Å²) in [6.07, 6.45) is 5.96. The molecule has 0 saturated heterocycles. The first kappa shape index (κ1) is 15.2. The van der Waals surface area contributed by atoms with Gasteiger partial charge in [0.05, 0.1) is 11.8 Å². The fourth-order valence-electron chi connectivity index (χ4n) is 2.34. The molecule has 1 aromatic rings. The Morgan fingerprint density at radius 1 is 1.44 bits per heavy atom. The Kier molecular flexibility index (Phi) is 5.82. The van der Waals surface area contributed by atoms with Crippen LogP contribution in [-0.4, -0.2) is 34.6 Å². The number of nitrogens with zero attached hydrogens (tertiary/aromatic N) is 2. The van der Waals surface area contributed by atoms with E-state index in [4.69, 9.17) is 4.74 Å². The Bertz CT molecular complexity index is 351. The van der Waals surface area contributed by atoms with Crippen molar-refractivity contribution in [1.82, 2.24) is 15.1 Å². The normalized spacial score (nSPS) is 16.5. The molecule has 0 aliphatic carbocycles. The molecule has 0 bridgehead atoms. The van der Waals surface area contributed by atoms with E-state index in [-0.39, 0.29) is 5.60 Å². The van der Waals surface area contributed by atoms with E-state index in [1.54, 1.807) is 0 Å². The second kappa shape index (κ2) is 6.90. The van der Waals surface area contributed by atoms with Gasteiger partial charge in [-0.1, -0.05) is 13.8 Å². The van der Waals surface area contributed by atoms with Crippen LogP contribution < -0.4 is 5.32 Å². The topological polar surface area (TPSA) is 39.1 Å². The highest BCUT2D eigenvalue weighted by Gasteiger charge is 2.32. The number of hydrogen-bond acceptors (Lipinski definition) is 3. The lowest BCUT2D eigenvalue weighted by Crippen LogP contribution is -2.51. The van der Waals surface area contributed by atoms with Crippen LogP contribution in [0.4, 0.5) is 0 Å². The third-order valence-corrected chi connectivity index (χ3v) is 3.56. The van der Waals surface area contributed by atoms with Crippen LogP contribution in [0.25, 0.3) is 0 Å².